The number of nitrogens with one attached hydrogen (secondary N) is 2. The summed E-state index contributed by atoms with van der Waals surface area (Å²) >= 11 is 5.43. The lowest BCUT2D eigenvalue weighted by Gasteiger charge is -2.30. The van der Waals surface area contributed by atoms with E-state index in [1.807, 2.05) is 24.0 Å². The monoisotopic (exact) mass is 388 g/mol. The van der Waals surface area contributed by atoms with Crippen molar-refractivity contribution >= 4 is 34.6 Å². The SMILES string of the molecule is Cc1cc(NC(=S)NCCCN2CCCC(C)C2)ccc1N1CCCC1=O. The van der Waals surface area contributed by atoms with Crippen molar-refractivity contribution in [2.75, 3.05) is 42.9 Å². The number of aryl methyl sites for hydroxylation is 1. The highest BCUT2D eigenvalue weighted by Crippen LogP contribution is 2.27. The number of hydrogen-bond donors (Lipinski definition) is 2. The molecule has 0 bridgehead atoms. The second-order valence-corrected chi connectivity index (χ2v) is 8.34. The van der Waals surface area contributed by atoms with E-state index in [1.54, 1.807) is 0 Å². The van der Waals surface area contributed by atoms with Gasteiger partial charge < -0.3 is 20.4 Å². The molecule has 27 heavy (non-hydrogen) atoms. The summed E-state index contributed by atoms with van der Waals surface area (Å²) in [6, 6.07) is 6.07. The summed E-state index contributed by atoms with van der Waals surface area (Å²) in [6.45, 7) is 9.69. The normalized spacial score (nSPS) is 20.7. The number of hydrogen-bond acceptors (Lipinski definition) is 3. The molecule has 2 aliphatic heterocycles. The van der Waals surface area contributed by atoms with Crippen molar-refractivity contribution in [2.24, 2.45) is 5.92 Å². The second-order valence-electron chi connectivity index (χ2n) is 7.93. The predicted molar refractivity (Wildman–Crippen MR) is 116 cm³/mol. The third-order valence-electron chi connectivity index (χ3n) is 5.50. The molecule has 1 atom stereocenters. The van der Waals surface area contributed by atoms with Crippen LogP contribution >= 0.6 is 12.2 Å². The molecule has 0 spiro atoms. The van der Waals surface area contributed by atoms with E-state index in [9.17, 15) is 4.79 Å². The zero-order chi connectivity index (χ0) is 19.2. The van der Waals surface area contributed by atoms with E-state index in [0.29, 0.717) is 11.5 Å². The van der Waals surface area contributed by atoms with Crippen LogP contribution in [0, 0.1) is 12.8 Å². The molecule has 1 unspecified atom stereocenters. The fourth-order valence-electron chi connectivity index (χ4n) is 4.11. The molecule has 1 aromatic rings. The van der Waals surface area contributed by atoms with Crippen LogP contribution in [0.1, 0.15) is 44.6 Å². The molecule has 0 saturated carbocycles. The van der Waals surface area contributed by atoms with Crippen LogP contribution in [0.4, 0.5) is 11.4 Å². The highest BCUT2D eigenvalue weighted by molar-refractivity contribution is 7.80. The zero-order valence-electron chi connectivity index (χ0n) is 16.6. The maximum Gasteiger partial charge on any atom is 0.227 e. The first kappa shape index (κ1) is 20.1. The molecule has 3 rings (SSSR count). The Morgan fingerprint density at radius 3 is 2.85 bits per heavy atom. The molecule has 148 valence electrons. The number of anilines is 2. The molecular weight excluding hydrogens is 356 g/mol. The van der Waals surface area contributed by atoms with Crippen LogP contribution in [0.25, 0.3) is 0 Å². The number of piperidine rings is 1. The van der Waals surface area contributed by atoms with Gasteiger partial charge in [-0.25, -0.2) is 0 Å². The molecule has 2 N–H and O–H groups in total. The lowest BCUT2D eigenvalue weighted by molar-refractivity contribution is -0.117. The quantitative estimate of drug-likeness (QED) is 0.577. The minimum absolute atomic E-state index is 0.221. The zero-order valence-corrected chi connectivity index (χ0v) is 17.4. The van der Waals surface area contributed by atoms with Gasteiger partial charge in [-0.05, 0) is 87.6 Å². The van der Waals surface area contributed by atoms with Gasteiger partial charge in [0.25, 0.3) is 0 Å². The maximum absolute atomic E-state index is 11.9. The van der Waals surface area contributed by atoms with E-state index in [0.717, 1.165) is 55.3 Å². The number of nitrogens with zero attached hydrogens (tertiary/aromatic N) is 2. The number of carbonyl (C=O) groups excluding carboxylic acids is 1. The maximum atomic E-state index is 11.9. The van der Waals surface area contributed by atoms with Crippen molar-refractivity contribution in [3.8, 4) is 0 Å². The lowest BCUT2D eigenvalue weighted by atomic mass is 10.0. The van der Waals surface area contributed by atoms with Gasteiger partial charge in [0, 0.05) is 37.4 Å². The second kappa shape index (κ2) is 9.51. The Morgan fingerprint density at radius 2 is 2.15 bits per heavy atom. The summed E-state index contributed by atoms with van der Waals surface area (Å²) in [7, 11) is 0. The average Bonchev–Trinajstić information content (AvgIpc) is 3.05. The van der Waals surface area contributed by atoms with Crippen LogP contribution in [-0.4, -0.2) is 48.6 Å². The molecule has 0 aliphatic carbocycles. The Kier molecular flexibility index (Phi) is 7.07. The Labute approximate surface area is 168 Å². The van der Waals surface area contributed by atoms with E-state index in [2.05, 4.69) is 28.5 Å². The third-order valence-corrected chi connectivity index (χ3v) is 5.74. The van der Waals surface area contributed by atoms with Crippen LogP contribution in [0.2, 0.25) is 0 Å². The fourth-order valence-corrected chi connectivity index (χ4v) is 4.33. The Morgan fingerprint density at radius 1 is 1.30 bits per heavy atom. The van der Waals surface area contributed by atoms with Crippen LogP contribution < -0.4 is 15.5 Å². The molecule has 2 saturated heterocycles. The number of amides is 1. The lowest BCUT2D eigenvalue weighted by Crippen LogP contribution is -2.37. The standard InChI is InChI=1S/C21H32N4OS/c1-16-6-3-11-24(15-16)12-5-10-22-21(27)23-18-8-9-19(17(2)14-18)25-13-4-7-20(25)26/h8-9,14,16H,3-7,10-13,15H2,1-2H3,(H2,22,23,27). The van der Waals surface area contributed by atoms with Crippen LogP contribution in [0.15, 0.2) is 18.2 Å². The Balaban J connectivity index is 1.41. The highest BCUT2D eigenvalue weighted by Gasteiger charge is 2.23. The summed E-state index contributed by atoms with van der Waals surface area (Å²) in [5, 5.41) is 7.23. The topological polar surface area (TPSA) is 47.6 Å². The number of likely N-dealkylation sites (tertiary alicyclic amines) is 1. The van der Waals surface area contributed by atoms with Crippen molar-refractivity contribution < 1.29 is 4.79 Å². The molecule has 1 aromatic carbocycles. The average molecular weight is 389 g/mol. The summed E-state index contributed by atoms with van der Waals surface area (Å²) in [5.41, 5.74) is 3.07. The van der Waals surface area contributed by atoms with Gasteiger partial charge in [0.2, 0.25) is 5.91 Å². The van der Waals surface area contributed by atoms with Gasteiger partial charge in [-0.1, -0.05) is 6.92 Å². The molecule has 2 fully saturated rings. The van der Waals surface area contributed by atoms with E-state index in [4.69, 9.17) is 12.2 Å². The van der Waals surface area contributed by atoms with Crippen LogP contribution in [-0.2, 0) is 4.79 Å². The first-order valence-corrected chi connectivity index (χ1v) is 10.6. The molecule has 5 nitrogen and oxygen atoms in total. The summed E-state index contributed by atoms with van der Waals surface area (Å²) in [5.74, 6) is 1.05. The van der Waals surface area contributed by atoms with Gasteiger partial charge in [0.1, 0.15) is 0 Å². The minimum atomic E-state index is 0.221. The summed E-state index contributed by atoms with van der Waals surface area (Å²) in [6.07, 6.45) is 5.40. The number of benzene rings is 1. The van der Waals surface area contributed by atoms with Crippen molar-refractivity contribution in [1.29, 1.82) is 0 Å². The van der Waals surface area contributed by atoms with E-state index in [-0.39, 0.29) is 5.91 Å². The first-order valence-electron chi connectivity index (χ1n) is 10.2. The Bertz CT molecular complexity index is 678. The predicted octanol–water partition coefficient (Wildman–Crippen LogP) is 3.53. The first-order chi connectivity index (χ1) is 13.0. The van der Waals surface area contributed by atoms with Crippen molar-refractivity contribution in [3.63, 3.8) is 0 Å². The summed E-state index contributed by atoms with van der Waals surface area (Å²) < 4.78 is 0. The largest absolute Gasteiger partial charge is 0.362 e. The van der Waals surface area contributed by atoms with Crippen molar-refractivity contribution in [2.45, 2.75) is 46.0 Å². The fraction of sp³-hybridized carbons (Fsp3) is 0.619. The van der Waals surface area contributed by atoms with E-state index >= 15 is 0 Å². The van der Waals surface area contributed by atoms with Gasteiger partial charge in [-0.15, -0.1) is 0 Å². The van der Waals surface area contributed by atoms with Gasteiger partial charge in [-0.3, -0.25) is 4.79 Å². The van der Waals surface area contributed by atoms with Gasteiger partial charge >= 0.3 is 0 Å². The van der Waals surface area contributed by atoms with Crippen molar-refractivity contribution in [3.05, 3.63) is 23.8 Å². The van der Waals surface area contributed by atoms with Crippen molar-refractivity contribution in [1.82, 2.24) is 10.2 Å². The molecule has 1 amide bonds. The number of rotatable bonds is 6. The van der Waals surface area contributed by atoms with Gasteiger partial charge in [-0.2, -0.15) is 0 Å². The Hall–Kier alpha value is -1.66. The van der Waals surface area contributed by atoms with E-state index < -0.39 is 0 Å². The highest BCUT2D eigenvalue weighted by atomic mass is 32.1. The van der Waals surface area contributed by atoms with Gasteiger partial charge in [0.05, 0.1) is 0 Å². The van der Waals surface area contributed by atoms with Crippen LogP contribution in [0.3, 0.4) is 0 Å². The molecule has 2 heterocycles. The smallest absolute Gasteiger partial charge is 0.227 e. The minimum Gasteiger partial charge on any atom is -0.362 e. The van der Waals surface area contributed by atoms with Crippen LogP contribution in [0.5, 0.6) is 0 Å². The molecule has 2 aliphatic rings. The number of carbonyl (C=O) groups is 1. The molecule has 0 aromatic heterocycles. The summed E-state index contributed by atoms with van der Waals surface area (Å²) in [4.78, 5) is 16.4. The van der Waals surface area contributed by atoms with Gasteiger partial charge in [0.15, 0.2) is 5.11 Å². The molecule has 6 heteroatoms. The molecular formula is C21H32N4OS. The number of thiocarbonyl (C=S) groups is 1. The third kappa shape index (κ3) is 5.66. The molecule has 0 radical (unpaired) electrons. The van der Waals surface area contributed by atoms with E-state index in [1.165, 1.54) is 25.9 Å².